The van der Waals surface area contributed by atoms with Crippen LogP contribution in [0.4, 0.5) is 17.6 Å². The van der Waals surface area contributed by atoms with Gasteiger partial charge in [-0.1, -0.05) is 12.1 Å². The van der Waals surface area contributed by atoms with Crippen LogP contribution < -0.4 is 10.8 Å². The second-order valence-corrected chi connectivity index (χ2v) is 8.89. The molecule has 0 unspecified atom stereocenters. The highest BCUT2D eigenvalue weighted by molar-refractivity contribution is 7.14. The third-order valence-corrected chi connectivity index (χ3v) is 6.63. The van der Waals surface area contributed by atoms with Gasteiger partial charge in [0.15, 0.2) is 0 Å². The second-order valence-electron chi connectivity index (χ2n) is 7.75. The van der Waals surface area contributed by atoms with Gasteiger partial charge in [0.25, 0.3) is 5.91 Å². The van der Waals surface area contributed by atoms with Crippen LogP contribution in [0.1, 0.15) is 38.0 Å². The Morgan fingerprint density at radius 3 is 2.41 bits per heavy atom. The number of fused-ring (bicyclic) bond motifs is 1. The third-order valence-electron chi connectivity index (χ3n) is 5.39. The van der Waals surface area contributed by atoms with Gasteiger partial charge >= 0.3 is 12.1 Å². The number of benzene rings is 1. The number of carbonyl (C=O) groups is 3. The molecule has 1 aromatic heterocycles. The van der Waals surface area contributed by atoms with Crippen molar-refractivity contribution in [2.24, 2.45) is 0 Å². The Hall–Kier alpha value is -3.03. The van der Waals surface area contributed by atoms with Gasteiger partial charge in [-0.15, -0.1) is 11.3 Å². The fraction of sp³-hybridized carbons (Fsp3) is 0.381. The lowest BCUT2D eigenvalue weighted by Crippen LogP contribution is -2.41. The SMILES string of the molecule is O=C(NO)c1cc2c(s1)CCN(C(=O)CN[C@H]1C[C@@H]1c1ccc(F)cc1)C2.O=C(O)C(F)(F)F. The number of amides is 2. The highest BCUT2D eigenvalue weighted by Crippen LogP contribution is 2.40. The van der Waals surface area contributed by atoms with Gasteiger partial charge in [0.1, 0.15) is 5.82 Å². The number of halogens is 4. The van der Waals surface area contributed by atoms with Crippen LogP contribution in [-0.4, -0.2) is 58.3 Å². The molecule has 8 nitrogen and oxygen atoms in total. The van der Waals surface area contributed by atoms with Crippen molar-refractivity contribution in [1.29, 1.82) is 0 Å². The molecule has 0 saturated heterocycles. The van der Waals surface area contributed by atoms with Crippen LogP contribution in [0.2, 0.25) is 0 Å². The summed E-state index contributed by atoms with van der Waals surface area (Å²) < 4.78 is 44.7. The summed E-state index contributed by atoms with van der Waals surface area (Å²) in [4.78, 5) is 36.3. The van der Waals surface area contributed by atoms with E-state index in [-0.39, 0.29) is 24.3 Å². The van der Waals surface area contributed by atoms with E-state index in [2.05, 4.69) is 5.32 Å². The van der Waals surface area contributed by atoms with Crippen molar-refractivity contribution in [3.63, 3.8) is 0 Å². The van der Waals surface area contributed by atoms with Crippen molar-refractivity contribution in [3.8, 4) is 0 Å². The Labute approximate surface area is 195 Å². The standard InChI is InChI=1S/C19H20FN3O3S.C2HF3O2/c20-13-3-1-11(2-4-13)14-8-15(14)21-9-18(24)23-6-5-16-12(10-23)7-17(27-16)19(25)22-26;3-2(4,5)1(6)7/h1-4,7,14-15,21,26H,5-6,8-10H2,(H,22,25);(H,6,7)/t14-,15+;/m1./s1. The predicted molar refractivity (Wildman–Crippen MR) is 112 cm³/mol. The quantitative estimate of drug-likeness (QED) is 0.283. The zero-order valence-electron chi connectivity index (χ0n) is 17.6. The van der Waals surface area contributed by atoms with Crippen molar-refractivity contribution < 1.29 is 42.3 Å². The first-order valence-corrected chi connectivity index (χ1v) is 10.9. The number of aliphatic carboxylic acids is 1. The molecule has 1 aliphatic heterocycles. The van der Waals surface area contributed by atoms with Crippen molar-refractivity contribution in [2.75, 3.05) is 13.1 Å². The van der Waals surface area contributed by atoms with E-state index in [1.165, 1.54) is 23.5 Å². The van der Waals surface area contributed by atoms with Gasteiger partial charge in [-0.25, -0.2) is 14.7 Å². The largest absolute Gasteiger partial charge is 0.490 e. The molecule has 4 rings (SSSR count). The molecule has 0 radical (unpaired) electrons. The molecule has 1 aromatic carbocycles. The van der Waals surface area contributed by atoms with Crippen LogP contribution in [0.3, 0.4) is 0 Å². The Bertz CT molecular complexity index is 1060. The molecule has 13 heteroatoms. The van der Waals surface area contributed by atoms with Gasteiger partial charge in [-0.3, -0.25) is 14.8 Å². The summed E-state index contributed by atoms with van der Waals surface area (Å²) in [5, 5.41) is 19.2. The van der Waals surface area contributed by atoms with E-state index in [9.17, 15) is 27.2 Å². The minimum Gasteiger partial charge on any atom is -0.475 e. The number of hydrogen-bond donors (Lipinski definition) is 4. The predicted octanol–water partition coefficient (Wildman–Crippen LogP) is 2.67. The number of thiophene rings is 1. The Morgan fingerprint density at radius 2 is 1.82 bits per heavy atom. The first kappa shape index (κ1) is 25.6. The van der Waals surface area contributed by atoms with Crippen molar-refractivity contribution in [1.82, 2.24) is 15.7 Å². The number of hydroxylamine groups is 1. The monoisotopic (exact) mass is 503 g/mol. The Kier molecular flexibility index (Phi) is 7.89. The van der Waals surface area contributed by atoms with E-state index in [1.807, 2.05) is 0 Å². The number of alkyl halides is 3. The molecular weight excluding hydrogens is 482 g/mol. The normalized spacial score (nSPS) is 18.9. The fourth-order valence-corrected chi connectivity index (χ4v) is 4.60. The third kappa shape index (κ3) is 6.52. The summed E-state index contributed by atoms with van der Waals surface area (Å²) >= 11 is 1.36. The first-order valence-electron chi connectivity index (χ1n) is 10.1. The molecule has 4 N–H and O–H groups in total. The van der Waals surface area contributed by atoms with Crippen LogP contribution in [0.15, 0.2) is 30.3 Å². The van der Waals surface area contributed by atoms with E-state index in [0.29, 0.717) is 30.3 Å². The maximum atomic E-state index is 13.0. The van der Waals surface area contributed by atoms with E-state index < -0.39 is 18.1 Å². The average molecular weight is 503 g/mol. The zero-order chi connectivity index (χ0) is 25.0. The van der Waals surface area contributed by atoms with E-state index >= 15 is 0 Å². The summed E-state index contributed by atoms with van der Waals surface area (Å²) in [6, 6.07) is 8.52. The van der Waals surface area contributed by atoms with Crippen molar-refractivity contribution in [2.45, 2.75) is 37.5 Å². The van der Waals surface area contributed by atoms with Gasteiger partial charge in [0.05, 0.1) is 11.4 Å². The maximum absolute atomic E-state index is 13.0. The smallest absolute Gasteiger partial charge is 0.475 e. The van der Waals surface area contributed by atoms with Crippen LogP contribution in [-0.2, 0) is 22.6 Å². The molecular formula is C21H21F4N3O5S. The van der Waals surface area contributed by atoms with Gasteiger partial charge < -0.3 is 15.3 Å². The number of rotatable bonds is 5. The summed E-state index contributed by atoms with van der Waals surface area (Å²) in [7, 11) is 0. The fourth-order valence-electron chi connectivity index (χ4n) is 3.54. The van der Waals surface area contributed by atoms with Gasteiger partial charge in [0.2, 0.25) is 5.91 Å². The van der Waals surface area contributed by atoms with Gasteiger partial charge in [-0.2, -0.15) is 13.2 Å². The lowest BCUT2D eigenvalue weighted by atomic mass is 10.1. The molecule has 2 heterocycles. The first-order chi connectivity index (χ1) is 16.0. The number of carbonyl (C=O) groups excluding carboxylic acids is 2. The lowest BCUT2D eigenvalue weighted by Gasteiger charge is -2.27. The lowest BCUT2D eigenvalue weighted by molar-refractivity contribution is -0.192. The van der Waals surface area contributed by atoms with Crippen molar-refractivity contribution in [3.05, 3.63) is 57.0 Å². The molecule has 2 atom stereocenters. The highest BCUT2D eigenvalue weighted by Gasteiger charge is 2.39. The summed E-state index contributed by atoms with van der Waals surface area (Å²) in [6.07, 6.45) is -3.42. The molecule has 34 heavy (non-hydrogen) atoms. The number of nitrogens with zero attached hydrogens (tertiary/aromatic N) is 1. The van der Waals surface area contributed by atoms with Crippen molar-refractivity contribution >= 4 is 29.1 Å². The molecule has 1 saturated carbocycles. The number of nitrogens with one attached hydrogen (secondary N) is 2. The van der Waals surface area contributed by atoms with Crippen LogP contribution in [0.25, 0.3) is 0 Å². The van der Waals surface area contributed by atoms with E-state index in [1.54, 1.807) is 28.6 Å². The van der Waals surface area contributed by atoms with Crippen LogP contribution in [0.5, 0.6) is 0 Å². The van der Waals surface area contributed by atoms with E-state index in [0.717, 1.165) is 22.4 Å². The number of carboxylic acids is 1. The molecule has 2 amide bonds. The molecule has 0 bridgehead atoms. The second kappa shape index (κ2) is 10.5. The maximum Gasteiger partial charge on any atom is 0.490 e. The molecule has 2 aliphatic rings. The zero-order valence-corrected chi connectivity index (χ0v) is 18.4. The Balaban J connectivity index is 0.000000406. The highest BCUT2D eigenvalue weighted by atomic mass is 32.1. The summed E-state index contributed by atoms with van der Waals surface area (Å²) in [5.74, 6) is -3.15. The minimum atomic E-state index is -5.08. The number of hydrogen-bond acceptors (Lipinski definition) is 6. The topological polar surface area (TPSA) is 119 Å². The summed E-state index contributed by atoms with van der Waals surface area (Å²) in [5.41, 5.74) is 3.71. The molecule has 1 aliphatic carbocycles. The molecule has 0 spiro atoms. The average Bonchev–Trinajstić information content (AvgIpc) is 3.44. The van der Waals surface area contributed by atoms with E-state index in [4.69, 9.17) is 15.1 Å². The Morgan fingerprint density at radius 1 is 1.18 bits per heavy atom. The molecule has 184 valence electrons. The molecule has 1 fully saturated rings. The minimum absolute atomic E-state index is 0.0322. The molecule has 2 aromatic rings. The summed E-state index contributed by atoms with van der Waals surface area (Å²) in [6.45, 7) is 1.38. The van der Waals surface area contributed by atoms with Gasteiger partial charge in [0, 0.05) is 29.9 Å². The van der Waals surface area contributed by atoms with Crippen LogP contribution in [0, 0.1) is 5.82 Å². The van der Waals surface area contributed by atoms with Crippen LogP contribution >= 0.6 is 11.3 Å². The number of carboxylic acid groups (broad SMARTS) is 1. The van der Waals surface area contributed by atoms with Gasteiger partial charge in [-0.05, 0) is 42.2 Å².